The molecule has 0 radical (unpaired) electrons. The van der Waals surface area contributed by atoms with Crippen molar-refractivity contribution in [2.45, 2.75) is 0 Å². The van der Waals surface area contributed by atoms with E-state index in [0.717, 1.165) is 17.3 Å². The van der Waals surface area contributed by atoms with Gasteiger partial charge in [-0.3, -0.25) is 5.43 Å². The van der Waals surface area contributed by atoms with Gasteiger partial charge in [-0.25, -0.2) is 0 Å². The number of anilines is 1. The highest BCUT2D eigenvalue weighted by Gasteiger charge is 2.18. The van der Waals surface area contributed by atoms with Gasteiger partial charge in [-0.1, -0.05) is 36.4 Å². The van der Waals surface area contributed by atoms with Crippen LogP contribution in [0.1, 0.15) is 0 Å². The number of rotatable bonds is 4. The number of hydrogen-bond donors (Lipinski definition) is 1. The van der Waals surface area contributed by atoms with Gasteiger partial charge in [0, 0.05) is 5.69 Å². The predicted molar refractivity (Wildman–Crippen MR) is 76.3 cm³/mol. The quantitative estimate of drug-likeness (QED) is 0.909. The first-order valence-electron chi connectivity index (χ1n) is 6.23. The molecule has 0 aliphatic carbocycles. The SMILES string of the molecule is c1ccc(OCC2=NNCN2c2ccccc2)cc1. The van der Waals surface area contributed by atoms with Crippen LogP contribution in [-0.2, 0) is 0 Å². The summed E-state index contributed by atoms with van der Waals surface area (Å²) in [6.45, 7) is 1.13. The van der Waals surface area contributed by atoms with Crippen molar-refractivity contribution in [2.75, 3.05) is 18.2 Å². The van der Waals surface area contributed by atoms with Crippen LogP contribution < -0.4 is 15.1 Å². The third kappa shape index (κ3) is 2.68. The van der Waals surface area contributed by atoms with Gasteiger partial charge in [0.05, 0.1) is 0 Å². The summed E-state index contributed by atoms with van der Waals surface area (Å²) in [7, 11) is 0. The van der Waals surface area contributed by atoms with Gasteiger partial charge < -0.3 is 9.64 Å². The monoisotopic (exact) mass is 253 g/mol. The lowest BCUT2D eigenvalue weighted by atomic mass is 10.3. The molecule has 1 aliphatic heterocycles. The average Bonchev–Trinajstić information content (AvgIpc) is 2.95. The smallest absolute Gasteiger partial charge is 0.168 e. The van der Waals surface area contributed by atoms with E-state index in [1.165, 1.54) is 0 Å². The zero-order valence-corrected chi connectivity index (χ0v) is 10.5. The van der Waals surface area contributed by atoms with E-state index >= 15 is 0 Å². The minimum atomic E-state index is 0.450. The molecule has 0 aromatic heterocycles. The van der Waals surface area contributed by atoms with E-state index in [1.807, 2.05) is 48.5 Å². The lowest BCUT2D eigenvalue weighted by molar-refractivity contribution is 0.375. The normalized spacial score (nSPS) is 13.9. The van der Waals surface area contributed by atoms with E-state index in [1.54, 1.807) is 0 Å². The second-order valence-corrected chi connectivity index (χ2v) is 4.21. The lowest BCUT2D eigenvalue weighted by Gasteiger charge is -2.19. The number of nitrogens with zero attached hydrogens (tertiary/aromatic N) is 2. The van der Waals surface area contributed by atoms with Crippen molar-refractivity contribution in [2.24, 2.45) is 5.10 Å². The molecule has 0 amide bonds. The molecule has 4 nitrogen and oxygen atoms in total. The first-order chi connectivity index (χ1) is 9.43. The molecule has 1 aliphatic rings. The Morgan fingerprint density at radius 1 is 1.00 bits per heavy atom. The molecule has 3 rings (SSSR count). The van der Waals surface area contributed by atoms with Crippen molar-refractivity contribution in [3.63, 3.8) is 0 Å². The highest BCUT2D eigenvalue weighted by molar-refractivity contribution is 5.99. The van der Waals surface area contributed by atoms with Crippen molar-refractivity contribution in [3.05, 3.63) is 60.7 Å². The molecule has 0 fully saturated rings. The fourth-order valence-electron chi connectivity index (χ4n) is 1.97. The summed E-state index contributed by atoms with van der Waals surface area (Å²) < 4.78 is 5.73. The molecule has 1 heterocycles. The van der Waals surface area contributed by atoms with E-state index in [9.17, 15) is 0 Å². The second kappa shape index (κ2) is 5.44. The lowest BCUT2D eigenvalue weighted by Crippen LogP contribution is -2.32. The number of nitrogens with one attached hydrogen (secondary N) is 1. The van der Waals surface area contributed by atoms with Gasteiger partial charge in [-0.2, -0.15) is 5.10 Å². The Balaban J connectivity index is 1.67. The van der Waals surface area contributed by atoms with Gasteiger partial charge in [-0.15, -0.1) is 0 Å². The van der Waals surface area contributed by atoms with Crippen molar-refractivity contribution in [3.8, 4) is 5.75 Å². The molecular formula is C15H15N3O. The Labute approximate surface area is 112 Å². The molecule has 0 spiro atoms. The Morgan fingerprint density at radius 3 is 2.42 bits per heavy atom. The number of benzene rings is 2. The Bertz CT molecular complexity index is 554. The Kier molecular flexibility index (Phi) is 3.32. The minimum absolute atomic E-state index is 0.450. The van der Waals surface area contributed by atoms with Gasteiger partial charge in [0.15, 0.2) is 5.84 Å². The average molecular weight is 253 g/mol. The van der Waals surface area contributed by atoms with E-state index in [4.69, 9.17) is 4.74 Å². The summed E-state index contributed by atoms with van der Waals surface area (Å²) in [5.74, 6) is 1.74. The third-order valence-electron chi connectivity index (χ3n) is 2.93. The standard InChI is InChI=1S/C15H15N3O/c1-3-7-13(8-4-1)18-12-16-17-15(18)11-19-14-9-5-2-6-10-14/h1-10,16H,11-12H2. The summed E-state index contributed by atoms with van der Waals surface area (Å²) in [6.07, 6.45) is 0. The van der Waals surface area contributed by atoms with E-state index in [0.29, 0.717) is 13.3 Å². The molecule has 19 heavy (non-hydrogen) atoms. The topological polar surface area (TPSA) is 36.9 Å². The van der Waals surface area contributed by atoms with Gasteiger partial charge in [0.25, 0.3) is 0 Å². The van der Waals surface area contributed by atoms with Crippen LogP contribution in [0.25, 0.3) is 0 Å². The summed E-state index contributed by atoms with van der Waals surface area (Å²) in [4.78, 5) is 2.10. The maximum absolute atomic E-state index is 5.73. The number of hydrogen-bond acceptors (Lipinski definition) is 4. The molecule has 0 saturated heterocycles. The molecule has 0 saturated carbocycles. The fourth-order valence-corrected chi connectivity index (χ4v) is 1.97. The molecule has 0 atom stereocenters. The van der Waals surface area contributed by atoms with Gasteiger partial charge in [0.1, 0.15) is 19.0 Å². The summed E-state index contributed by atoms with van der Waals surface area (Å²) in [6, 6.07) is 19.9. The third-order valence-corrected chi connectivity index (χ3v) is 2.93. The first kappa shape index (κ1) is 11.6. The summed E-state index contributed by atoms with van der Waals surface area (Å²) in [5.41, 5.74) is 4.10. The molecule has 0 unspecified atom stereocenters. The van der Waals surface area contributed by atoms with Crippen LogP contribution >= 0.6 is 0 Å². The van der Waals surface area contributed by atoms with Crippen LogP contribution in [0.3, 0.4) is 0 Å². The molecule has 0 bridgehead atoms. The van der Waals surface area contributed by atoms with E-state index in [2.05, 4.69) is 27.6 Å². The predicted octanol–water partition coefficient (Wildman–Crippen LogP) is 2.45. The van der Waals surface area contributed by atoms with E-state index in [-0.39, 0.29) is 0 Å². The molecule has 4 heteroatoms. The van der Waals surface area contributed by atoms with Crippen LogP contribution in [0.4, 0.5) is 5.69 Å². The second-order valence-electron chi connectivity index (χ2n) is 4.21. The van der Waals surface area contributed by atoms with Crippen molar-refractivity contribution in [1.82, 2.24) is 5.43 Å². The summed E-state index contributed by atoms with van der Waals surface area (Å²) in [5, 5.41) is 4.28. The Hall–Kier alpha value is -2.49. The zero-order chi connectivity index (χ0) is 12.9. The molecule has 2 aromatic rings. The fraction of sp³-hybridized carbons (Fsp3) is 0.133. The van der Waals surface area contributed by atoms with Crippen LogP contribution in [0.2, 0.25) is 0 Å². The van der Waals surface area contributed by atoms with Crippen LogP contribution in [0.5, 0.6) is 5.75 Å². The number of ether oxygens (including phenoxy) is 1. The van der Waals surface area contributed by atoms with Crippen LogP contribution in [0.15, 0.2) is 65.8 Å². The zero-order valence-electron chi connectivity index (χ0n) is 10.5. The molecule has 2 aromatic carbocycles. The summed E-state index contributed by atoms with van der Waals surface area (Å²) >= 11 is 0. The number of hydrazone groups is 1. The highest BCUT2D eigenvalue weighted by Crippen LogP contribution is 2.16. The number of para-hydroxylation sites is 2. The van der Waals surface area contributed by atoms with Crippen LogP contribution in [-0.4, -0.2) is 19.1 Å². The van der Waals surface area contributed by atoms with Crippen molar-refractivity contribution in [1.29, 1.82) is 0 Å². The van der Waals surface area contributed by atoms with Crippen molar-refractivity contribution < 1.29 is 4.74 Å². The van der Waals surface area contributed by atoms with Crippen molar-refractivity contribution >= 4 is 11.5 Å². The largest absolute Gasteiger partial charge is 0.486 e. The Morgan fingerprint density at radius 2 is 1.68 bits per heavy atom. The highest BCUT2D eigenvalue weighted by atomic mass is 16.5. The van der Waals surface area contributed by atoms with E-state index < -0.39 is 0 Å². The van der Waals surface area contributed by atoms with Gasteiger partial charge in [-0.05, 0) is 24.3 Å². The van der Waals surface area contributed by atoms with Crippen LogP contribution in [0, 0.1) is 0 Å². The van der Waals surface area contributed by atoms with Gasteiger partial charge in [0.2, 0.25) is 0 Å². The first-order valence-corrected chi connectivity index (χ1v) is 6.23. The maximum atomic E-state index is 5.73. The molecule has 1 N–H and O–H groups in total. The minimum Gasteiger partial charge on any atom is -0.486 e. The molecule has 96 valence electrons. The maximum Gasteiger partial charge on any atom is 0.168 e. The molecular weight excluding hydrogens is 238 g/mol. The number of amidine groups is 1. The van der Waals surface area contributed by atoms with Gasteiger partial charge >= 0.3 is 0 Å².